The highest BCUT2D eigenvalue weighted by Gasteiger charge is 2.33. The monoisotopic (exact) mass is 414 g/mol. The predicted octanol–water partition coefficient (Wildman–Crippen LogP) is 3.89. The maximum Gasteiger partial charge on any atom is 0.243 e. The SMILES string of the molecule is Cc1ccc(S(=O)(=O)N2CCCC(C(=O)NC(C)c3cc(C)ccc3C)C2)cc1. The van der Waals surface area contributed by atoms with Gasteiger partial charge in [-0.2, -0.15) is 4.31 Å². The molecule has 1 fully saturated rings. The molecule has 0 saturated carbocycles. The Labute approximate surface area is 174 Å². The summed E-state index contributed by atoms with van der Waals surface area (Å²) >= 11 is 0. The molecule has 2 aromatic carbocycles. The number of nitrogens with zero attached hydrogens (tertiary/aromatic N) is 1. The third kappa shape index (κ3) is 4.87. The smallest absolute Gasteiger partial charge is 0.243 e. The van der Waals surface area contributed by atoms with Gasteiger partial charge in [0.25, 0.3) is 0 Å². The van der Waals surface area contributed by atoms with E-state index in [9.17, 15) is 13.2 Å². The highest BCUT2D eigenvalue weighted by Crippen LogP contribution is 2.25. The number of rotatable bonds is 5. The van der Waals surface area contributed by atoms with E-state index in [-0.39, 0.29) is 29.3 Å². The molecule has 0 aromatic heterocycles. The average Bonchev–Trinajstić information content (AvgIpc) is 2.70. The van der Waals surface area contributed by atoms with Gasteiger partial charge in [0, 0.05) is 13.1 Å². The standard InChI is InChI=1S/C23H30N2O3S/c1-16-8-11-21(12-9-16)29(27,28)25-13-5-6-20(15-25)23(26)24-19(4)22-14-17(2)7-10-18(22)3/h7-12,14,19-20H,5-6,13,15H2,1-4H3,(H,24,26). The molecule has 5 nitrogen and oxygen atoms in total. The van der Waals surface area contributed by atoms with Crippen molar-refractivity contribution in [1.29, 1.82) is 0 Å². The summed E-state index contributed by atoms with van der Waals surface area (Å²) < 4.78 is 27.4. The van der Waals surface area contributed by atoms with Crippen molar-refractivity contribution in [3.05, 3.63) is 64.7 Å². The largest absolute Gasteiger partial charge is 0.349 e. The van der Waals surface area contributed by atoms with E-state index in [1.54, 1.807) is 24.3 Å². The van der Waals surface area contributed by atoms with Crippen LogP contribution in [0.25, 0.3) is 0 Å². The number of hydrogen-bond donors (Lipinski definition) is 1. The summed E-state index contributed by atoms with van der Waals surface area (Å²) in [4.78, 5) is 13.2. The minimum absolute atomic E-state index is 0.0813. The Morgan fingerprint density at radius 1 is 1.07 bits per heavy atom. The summed E-state index contributed by atoms with van der Waals surface area (Å²) in [7, 11) is -3.58. The fraction of sp³-hybridized carbons (Fsp3) is 0.435. The molecule has 1 N–H and O–H groups in total. The molecule has 0 aliphatic carbocycles. The molecule has 2 aromatic rings. The Kier molecular flexibility index (Phi) is 6.44. The number of sulfonamides is 1. The zero-order valence-electron chi connectivity index (χ0n) is 17.6. The van der Waals surface area contributed by atoms with Gasteiger partial charge in [-0.15, -0.1) is 0 Å². The van der Waals surface area contributed by atoms with Crippen molar-refractivity contribution in [3.8, 4) is 0 Å². The van der Waals surface area contributed by atoms with Crippen LogP contribution in [-0.2, 0) is 14.8 Å². The molecule has 29 heavy (non-hydrogen) atoms. The van der Waals surface area contributed by atoms with Gasteiger partial charge in [-0.05, 0) is 63.8 Å². The van der Waals surface area contributed by atoms with E-state index in [0.29, 0.717) is 19.4 Å². The fourth-order valence-corrected chi connectivity index (χ4v) is 5.39. The number of benzene rings is 2. The molecule has 156 valence electrons. The second-order valence-electron chi connectivity index (χ2n) is 8.11. The van der Waals surface area contributed by atoms with E-state index in [4.69, 9.17) is 0 Å². The lowest BCUT2D eigenvalue weighted by molar-refractivity contribution is -0.126. The van der Waals surface area contributed by atoms with Crippen LogP contribution >= 0.6 is 0 Å². The van der Waals surface area contributed by atoms with Crippen LogP contribution in [0, 0.1) is 26.7 Å². The minimum atomic E-state index is -3.58. The van der Waals surface area contributed by atoms with E-state index in [2.05, 4.69) is 23.5 Å². The first-order valence-corrected chi connectivity index (χ1v) is 11.6. The summed E-state index contributed by atoms with van der Waals surface area (Å²) in [5.74, 6) is -0.418. The first-order chi connectivity index (χ1) is 13.7. The number of piperidine rings is 1. The van der Waals surface area contributed by atoms with Crippen molar-refractivity contribution >= 4 is 15.9 Å². The predicted molar refractivity (Wildman–Crippen MR) is 115 cm³/mol. The van der Waals surface area contributed by atoms with Gasteiger partial charge < -0.3 is 5.32 Å². The number of carbonyl (C=O) groups excluding carboxylic acids is 1. The summed E-state index contributed by atoms with van der Waals surface area (Å²) in [6.07, 6.45) is 1.38. The van der Waals surface area contributed by atoms with Crippen LogP contribution in [0.15, 0.2) is 47.4 Å². The number of amides is 1. The van der Waals surface area contributed by atoms with E-state index in [1.807, 2.05) is 27.7 Å². The zero-order chi connectivity index (χ0) is 21.2. The Morgan fingerprint density at radius 2 is 1.72 bits per heavy atom. The van der Waals surface area contributed by atoms with Crippen LogP contribution in [0.5, 0.6) is 0 Å². The molecule has 1 amide bonds. The van der Waals surface area contributed by atoms with E-state index in [1.165, 1.54) is 4.31 Å². The molecule has 2 atom stereocenters. The highest BCUT2D eigenvalue weighted by molar-refractivity contribution is 7.89. The molecular formula is C23H30N2O3S. The number of nitrogens with one attached hydrogen (secondary N) is 1. The van der Waals surface area contributed by atoms with Crippen LogP contribution in [0.3, 0.4) is 0 Å². The Hall–Kier alpha value is -2.18. The second-order valence-corrected chi connectivity index (χ2v) is 10.0. The van der Waals surface area contributed by atoms with Gasteiger partial charge in [-0.25, -0.2) is 8.42 Å². The summed E-state index contributed by atoms with van der Waals surface area (Å²) in [5.41, 5.74) is 4.40. The van der Waals surface area contributed by atoms with E-state index < -0.39 is 10.0 Å². The van der Waals surface area contributed by atoms with Gasteiger partial charge >= 0.3 is 0 Å². The third-order valence-electron chi connectivity index (χ3n) is 5.67. The number of aryl methyl sites for hydroxylation is 3. The molecule has 0 bridgehead atoms. The lowest BCUT2D eigenvalue weighted by Gasteiger charge is -2.32. The molecule has 1 heterocycles. The molecule has 6 heteroatoms. The summed E-state index contributed by atoms with van der Waals surface area (Å²) in [6, 6.07) is 13.0. The van der Waals surface area contributed by atoms with Crippen LogP contribution in [0.1, 0.15) is 48.1 Å². The molecule has 0 spiro atoms. The lowest BCUT2D eigenvalue weighted by atomic mass is 9.96. The van der Waals surface area contributed by atoms with E-state index in [0.717, 1.165) is 22.3 Å². The van der Waals surface area contributed by atoms with Crippen LogP contribution in [-0.4, -0.2) is 31.7 Å². The van der Waals surface area contributed by atoms with Crippen molar-refractivity contribution in [1.82, 2.24) is 9.62 Å². The van der Waals surface area contributed by atoms with Crippen molar-refractivity contribution < 1.29 is 13.2 Å². The Morgan fingerprint density at radius 3 is 2.41 bits per heavy atom. The maximum atomic E-state index is 13.0. The topological polar surface area (TPSA) is 66.5 Å². The average molecular weight is 415 g/mol. The van der Waals surface area contributed by atoms with Crippen molar-refractivity contribution in [2.45, 2.75) is 51.5 Å². The third-order valence-corrected chi connectivity index (χ3v) is 7.55. The minimum Gasteiger partial charge on any atom is -0.349 e. The van der Waals surface area contributed by atoms with Gasteiger partial charge in [0.05, 0.1) is 16.9 Å². The first-order valence-electron chi connectivity index (χ1n) is 10.1. The highest BCUT2D eigenvalue weighted by atomic mass is 32.2. The van der Waals surface area contributed by atoms with Crippen LogP contribution in [0.4, 0.5) is 0 Å². The van der Waals surface area contributed by atoms with Crippen LogP contribution in [0.2, 0.25) is 0 Å². The Bertz CT molecular complexity index is 984. The van der Waals surface area contributed by atoms with Crippen molar-refractivity contribution in [3.63, 3.8) is 0 Å². The first kappa shape index (κ1) is 21.5. The molecule has 1 aliphatic heterocycles. The molecule has 3 rings (SSSR count). The molecule has 1 aliphatic rings. The van der Waals surface area contributed by atoms with Crippen molar-refractivity contribution in [2.75, 3.05) is 13.1 Å². The quantitative estimate of drug-likeness (QED) is 0.807. The normalized spacial score (nSPS) is 19.0. The zero-order valence-corrected chi connectivity index (χ0v) is 18.4. The lowest BCUT2D eigenvalue weighted by Crippen LogP contribution is -2.45. The fourth-order valence-electron chi connectivity index (χ4n) is 3.87. The molecular weight excluding hydrogens is 384 g/mol. The number of hydrogen-bond acceptors (Lipinski definition) is 3. The van der Waals surface area contributed by atoms with Gasteiger partial charge in [0.2, 0.25) is 15.9 Å². The molecule has 1 saturated heterocycles. The van der Waals surface area contributed by atoms with Gasteiger partial charge in [0.15, 0.2) is 0 Å². The van der Waals surface area contributed by atoms with Gasteiger partial charge in [0.1, 0.15) is 0 Å². The van der Waals surface area contributed by atoms with Gasteiger partial charge in [-0.1, -0.05) is 41.5 Å². The van der Waals surface area contributed by atoms with Crippen molar-refractivity contribution in [2.24, 2.45) is 5.92 Å². The summed E-state index contributed by atoms with van der Waals surface area (Å²) in [6.45, 7) is 8.65. The van der Waals surface area contributed by atoms with Crippen LogP contribution < -0.4 is 5.32 Å². The molecule has 2 unspecified atom stereocenters. The summed E-state index contributed by atoms with van der Waals surface area (Å²) in [5, 5.41) is 3.09. The van der Waals surface area contributed by atoms with E-state index >= 15 is 0 Å². The Balaban J connectivity index is 1.70. The molecule has 0 radical (unpaired) electrons. The number of carbonyl (C=O) groups is 1. The maximum absolute atomic E-state index is 13.0. The second kappa shape index (κ2) is 8.67. The van der Waals surface area contributed by atoms with Gasteiger partial charge in [-0.3, -0.25) is 4.79 Å².